The van der Waals surface area contributed by atoms with Crippen LogP contribution in [-0.2, 0) is 6.54 Å². The van der Waals surface area contributed by atoms with E-state index in [1.54, 1.807) is 19.2 Å². The molecule has 0 spiro atoms. The van der Waals surface area contributed by atoms with Crippen molar-refractivity contribution in [3.63, 3.8) is 0 Å². The minimum atomic E-state index is -0.670. The van der Waals surface area contributed by atoms with Crippen molar-refractivity contribution in [3.05, 3.63) is 52.0 Å². The van der Waals surface area contributed by atoms with Gasteiger partial charge in [-0.05, 0) is 17.5 Å². The number of nitrogens with two attached hydrogens (primary N) is 1. The van der Waals surface area contributed by atoms with Gasteiger partial charge in [0.2, 0.25) is 12.3 Å². The summed E-state index contributed by atoms with van der Waals surface area (Å²) in [5.41, 5.74) is 10.6. The number of rotatable bonds is 6. The molecular formula is C14H15ClN4O3S. The standard InChI is InChI=1S/C14H14N4O3S.ClH/c1-16-17-14(21)10-5-9(13(15)20)6-18(7-10)8-11(19)12-3-2-4-22-12;/h2-7,16H,8H2,1H3,(H2-,15,17,20,21);1H. The molecule has 0 aliphatic heterocycles. The van der Waals surface area contributed by atoms with E-state index in [0.29, 0.717) is 4.88 Å². The average molecular weight is 355 g/mol. The first-order valence-electron chi connectivity index (χ1n) is 6.39. The van der Waals surface area contributed by atoms with Crippen molar-refractivity contribution < 1.29 is 31.4 Å². The van der Waals surface area contributed by atoms with Gasteiger partial charge in [0.05, 0.1) is 4.88 Å². The van der Waals surface area contributed by atoms with E-state index in [1.807, 2.05) is 5.38 Å². The number of aromatic nitrogens is 1. The largest absolute Gasteiger partial charge is 1.00 e. The first-order valence-corrected chi connectivity index (χ1v) is 7.27. The van der Waals surface area contributed by atoms with Crippen molar-refractivity contribution in [2.24, 2.45) is 5.73 Å². The maximum atomic E-state index is 12.1. The number of thiophene rings is 1. The van der Waals surface area contributed by atoms with Crippen molar-refractivity contribution in [1.82, 2.24) is 10.9 Å². The van der Waals surface area contributed by atoms with Crippen molar-refractivity contribution in [2.75, 3.05) is 7.05 Å². The van der Waals surface area contributed by atoms with Crippen LogP contribution in [0.4, 0.5) is 0 Å². The Hall–Kier alpha value is -2.29. The second kappa shape index (κ2) is 8.37. The highest BCUT2D eigenvalue weighted by Gasteiger charge is 2.19. The summed E-state index contributed by atoms with van der Waals surface area (Å²) in [4.78, 5) is 36.0. The number of halogens is 1. The number of hydrazine groups is 1. The van der Waals surface area contributed by atoms with Crippen LogP contribution in [0, 0.1) is 0 Å². The average Bonchev–Trinajstić information content (AvgIpc) is 3.01. The molecule has 0 unspecified atom stereocenters. The molecule has 0 bridgehead atoms. The normalized spacial score (nSPS) is 9.78. The molecule has 0 saturated heterocycles. The number of primary amides is 1. The zero-order valence-electron chi connectivity index (χ0n) is 12.2. The van der Waals surface area contributed by atoms with Gasteiger partial charge in [0.15, 0.2) is 12.4 Å². The van der Waals surface area contributed by atoms with Crippen LogP contribution in [0.1, 0.15) is 30.4 Å². The molecule has 2 heterocycles. The maximum Gasteiger partial charge on any atom is 0.271 e. The summed E-state index contributed by atoms with van der Waals surface area (Å²) in [5.74, 6) is -1.21. The van der Waals surface area contributed by atoms with E-state index in [4.69, 9.17) is 5.73 Å². The fraction of sp³-hybridized carbons (Fsp3) is 0.143. The van der Waals surface area contributed by atoms with Crippen molar-refractivity contribution in [2.45, 2.75) is 6.54 Å². The highest BCUT2D eigenvalue weighted by molar-refractivity contribution is 7.12. The highest BCUT2D eigenvalue weighted by atomic mass is 35.5. The lowest BCUT2D eigenvalue weighted by Crippen LogP contribution is -3.00. The van der Waals surface area contributed by atoms with Crippen LogP contribution in [0.2, 0.25) is 0 Å². The van der Waals surface area contributed by atoms with Crippen LogP contribution in [0.5, 0.6) is 0 Å². The molecule has 7 nitrogen and oxygen atoms in total. The number of carbonyl (C=O) groups excluding carboxylic acids is 3. The fourth-order valence-electron chi connectivity index (χ4n) is 1.85. The van der Waals surface area contributed by atoms with Gasteiger partial charge in [-0.2, -0.15) is 4.57 Å². The molecule has 23 heavy (non-hydrogen) atoms. The summed E-state index contributed by atoms with van der Waals surface area (Å²) < 4.78 is 1.48. The van der Waals surface area contributed by atoms with Crippen LogP contribution in [-0.4, -0.2) is 24.6 Å². The third-order valence-electron chi connectivity index (χ3n) is 2.83. The van der Waals surface area contributed by atoms with E-state index < -0.39 is 11.8 Å². The molecular weight excluding hydrogens is 340 g/mol. The molecule has 0 aliphatic rings. The summed E-state index contributed by atoms with van der Waals surface area (Å²) >= 11 is 1.34. The molecule has 0 radical (unpaired) electrons. The van der Waals surface area contributed by atoms with Crippen molar-refractivity contribution in [3.8, 4) is 0 Å². The van der Waals surface area contributed by atoms with Gasteiger partial charge in [-0.1, -0.05) is 6.07 Å². The van der Waals surface area contributed by atoms with E-state index in [1.165, 1.54) is 34.4 Å². The zero-order valence-corrected chi connectivity index (χ0v) is 13.8. The third kappa shape index (κ3) is 4.85. The second-order valence-electron chi connectivity index (χ2n) is 4.45. The van der Waals surface area contributed by atoms with Gasteiger partial charge in [0.25, 0.3) is 11.8 Å². The number of ketones is 1. The van der Waals surface area contributed by atoms with Crippen LogP contribution in [0.25, 0.3) is 0 Å². The minimum Gasteiger partial charge on any atom is -1.00 e. The summed E-state index contributed by atoms with van der Waals surface area (Å²) in [6.45, 7) is 0.0153. The van der Waals surface area contributed by atoms with E-state index in [0.717, 1.165) is 0 Å². The number of nitrogens with zero attached hydrogens (tertiary/aromatic N) is 1. The molecule has 2 aromatic rings. The summed E-state index contributed by atoms with van der Waals surface area (Å²) in [6, 6.07) is 4.88. The number of carbonyl (C=O) groups is 3. The van der Waals surface area contributed by atoms with Gasteiger partial charge in [-0.25, -0.2) is 5.43 Å². The Bertz CT molecular complexity index is 719. The number of amides is 2. The summed E-state index contributed by atoms with van der Waals surface area (Å²) in [7, 11) is 1.55. The molecule has 0 atom stereocenters. The Kier molecular flexibility index (Phi) is 6.83. The van der Waals surface area contributed by atoms with Crippen molar-refractivity contribution >= 4 is 28.9 Å². The first kappa shape index (κ1) is 18.8. The summed E-state index contributed by atoms with van der Waals surface area (Å²) in [5, 5.41) is 1.81. The predicted octanol–water partition coefficient (Wildman–Crippen LogP) is -3.11. The Balaban J connectivity index is 0.00000264. The Morgan fingerprint density at radius 2 is 1.96 bits per heavy atom. The number of pyridine rings is 1. The predicted molar refractivity (Wildman–Crippen MR) is 80.3 cm³/mol. The van der Waals surface area contributed by atoms with E-state index in [-0.39, 0.29) is 35.9 Å². The lowest BCUT2D eigenvalue weighted by atomic mass is 10.1. The highest BCUT2D eigenvalue weighted by Crippen LogP contribution is 2.09. The van der Waals surface area contributed by atoms with Crippen LogP contribution < -0.4 is 33.6 Å². The van der Waals surface area contributed by atoms with Crippen LogP contribution in [0.3, 0.4) is 0 Å². The van der Waals surface area contributed by atoms with Gasteiger partial charge in [0.1, 0.15) is 11.1 Å². The molecule has 2 aromatic heterocycles. The fourth-order valence-corrected chi connectivity index (χ4v) is 2.51. The van der Waals surface area contributed by atoms with Gasteiger partial charge in [-0.3, -0.25) is 19.8 Å². The second-order valence-corrected chi connectivity index (χ2v) is 5.40. The molecule has 4 N–H and O–H groups in total. The Morgan fingerprint density at radius 3 is 2.52 bits per heavy atom. The number of hydrogen-bond acceptors (Lipinski definition) is 5. The summed E-state index contributed by atoms with van der Waals surface area (Å²) in [6.07, 6.45) is 2.94. The van der Waals surface area contributed by atoms with Crippen molar-refractivity contribution in [1.29, 1.82) is 0 Å². The molecule has 0 fully saturated rings. The van der Waals surface area contributed by atoms with Crippen LogP contribution in [0.15, 0.2) is 36.0 Å². The number of hydrogen-bond donors (Lipinski definition) is 3. The number of Topliss-reactive ketones (excluding diaryl/α,β-unsaturated/α-hetero) is 1. The SMILES string of the molecule is CNNC(=O)c1cc(C(N)=O)c[n+](CC(=O)c2cccs2)c1.[Cl-]. The van der Waals surface area contributed by atoms with Gasteiger partial charge in [0, 0.05) is 7.05 Å². The smallest absolute Gasteiger partial charge is 0.271 e. The quantitative estimate of drug-likeness (QED) is 0.290. The lowest BCUT2D eigenvalue weighted by Gasteiger charge is -2.04. The molecule has 0 aromatic carbocycles. The molecule has 0 saturated carbocycles. The molecule has 9 heteroatoms. The third-order valence-corrected chi connectivity index (χ3v) is 3.74. The first-order chi connectivity index (χ1) is 10.5. The zero-order chi connectivity index (χ0) is 16.1. The maximum absolute atomic E-state index is 12.1. The molecule has 2 amide bonds. The van der Waals surface area contributed by atoms with E-state index >= 15 is 0 Å². The van der Waals surface area contributed by atoms with Gasteiger partial charge >= 0.3 is 0 Å². The van der Waals surface area contributed by atoms with E-state index in [2.05, 4.69) is 10.9 Å². The number of nitrogens with one attached hydrogen (secondary N) is 2. The monoisotopic (exact) mass is 354 g/mol. The van der Waals surface area contributed by atoms with Crippen LogP contribution >= 0.6 is 11.3 Å². The lowest BCUT2D eigenvalue weighted by molar-refractivity contribution is -0.683. The molecule has 2 rings (SSSR count). The topological polar surface area (TPSA) is 105 Å². The Labute approximate surface area is 142 Å². The van der Waals surface area contributed by atoms with E-state index in [9.17, 15) is 14.4 Å². The molecule has 122 valence electrons. The van der Waals surface area contributed by atoms with Gasteiger partial charge in [-0.15, -0.1) is 11.3 Å². The Morgan fingerprint density at radius 1 is 1.26 bits per heavy atom. The molecule has 0 aliphatic carbocycles. The van der Waals surface area contributed by atoms with Gasteiger partial charge < -0.3 is 18.1 Å². The minimum absolute atomic E-state index is 0.